The lowest BCUT2D eigenvalue weighted by molar-refractivity contribution is -0.133. The van der Waals surface area contributed by atoms with Crippen molar-refractivity contribution in [3.63, 3.8) is 0 Å². The lowest BCUT2D eigenvalue weighted by atomic mass is 9.91. The SMILES string of the molecule is CC(C1CCOCC1)N1CCC(=O)NCC1=O. The summed E-state index contributed by atoms with van der Waals surface area (Å²) in [5, 5.41) is 2.63. The van der Waals surface area contributed by atoms with Crippen LogP contribution in [-0.2, 0) is 14.3 Å². The second-order valence-electron chi connectivity index (χ2n) is 4.80. The summed E-state index contributed by atoms with van der Waals surface area (Å²) in [5.41, 5.74) is 0. The Bertz CT molecular complexity index is 300. The third kappa shape index (κ3) is 2.97. The van der Waals surface area contributed by atoms with E-state index in [1.54, 1.807) is 0 Å². The number of hydrogen-bond acceptors (Lipinski definition) is 3. The van der Waals surface area contributed by atoms with Gasteiger partial charge in [0.25, 0.3) is 0 Å². The van der Waals surface area contributed by atoms with E-state index in [9.17, 15) is 9.59 Å². The van der Waals surface area contributed by atoms with E-state index < -0.39 is 0 Å². The molecule has 2 rings (SSSR count). The highest BCUT2D eigenvalue weighted by Crippen LogP contribution is 2.23. The Morgan fingerprint density at radius 1 is 1.35 bits per heavy atom. The minimum Gasteiger partial charge on any atom is -0.381 e. The van der Waals surface area contributed by atoms with Crippen molar-refractivity contribution in [2.45, 2.75) is 32.2 Å². The van der Waals surface area contributed by atoms with Gasteiger partial charge in [-0.25, -0.2) is 0 Å². The van der Waals surface area contributed by atoms with E-state index in [2.05, 4.69) is 12.2 Å². The molecule has 17 heavy (non-hydrogen) atoms. The summed E-state index contributed by atoms with van der Waals surface area (Å²) in [6, 6.07) is 0.207. The molecule has 5 heteroatoms. The fraction of sp³-hybridized carbons (Fsp3) is 0.833. The molecule has 0 saturated carbocycles. The lowest BCUT2D eigenvalue weighted by Crippen LogP contribution is -2.46. The predicted molar refractivity (Wildman–Crippen MR) is 62.3 cm³/mol. The Morgan fingerprint density at radius 2 is 2.06 bits per heavy atom. The zero-order chi connectivity index (χ0) is 12.3. The number of nitrogens with one attached hydrogen (secondary N) is 1. The van der Waals surface area contributed by atoms with Crippen LogP contribution in [-0.4, -0.2) is 49.1 Å². The van der Waals surface area contributed by atoms with Crippen molar-refractivity contribution >= 4 is 11.8 Å². The molecule has 0 radical (unpaired) electrons. The van der Waals surface area contributed by atoms with Crippen LogP contribution in [0.3, 0.4) is 0 Å². The molecule has 0 bridgehead atoms. The Hall–Kier alpha value is -1.10. The van der Waals surface area contributed by atoms with Crippen LogP contribution >= 0.6 is 0 Å². The number of nitrogens with zero attached hydrogens (tertiary/aromatic N) is 1. The van der Waals surface area contributed by atoms with Crippen LogP contribution in [0.1, 0.15) is 26.2 Å². The van der Waals surface area contributed by atoms with Crippen LogP contribution in [0.4, 0.5) is 0 Å². The Balaban J connectivity index is 1.98. The average Bonchev–Trinajstić information content (AvgIpc) is 2.52. The standard InChI is InChI=1S/C12H20N2O3/c1-9(10-3-6-17-7-4-10)14-5-2-11(15)13-8-12(14)16/h9-10H,2-8H2,1H3,(H,13,15). The number of hydrogen-bond donors (Lipinski definition) is 1. The van der Waals surface area contributed by atoms with Gasteiger partial charge < -0.3 is 15.0 Å². The predicted octanol–water partition coefficient (Wildman–Crippen LogP) is 0.150. The summed E-state index contributed by atoms with van der Waals surface area (Å²) in [6.45, 7) is 4.35. The fourth-order valence-corrected chi connectivity index (χ4v) is 2.59. The first kappa shape index (κ1) is 12.4. The number of carbonyl (C=O) groups is 2. The zero-order valence-electron chi connectivity index (χ0n) is 10.3. The molecular weight excluding hydrogens is 220 g/mol. The summed E-state index contributed by atoms with van der Waals surface area (Å²) in [4.78, 5) is 25.0. The maximum absolute atomic E-state index is 11.9. The van der Waals surface area contributed by atoms with Gasteiger partial charge in [-0.1, -0.05) is 0 Å². The Morgan fingerprint density at radius 3 is 2.76 bits per heavy atom. The van der Waals surface area contributed by atoms with Gasteiger partial charge in [-0.05, 0) is 25.7 Å². The van der Waals surface area contributed by atoms with Crippen molar-refractivity contribution in [1.82, 2.24) is 10.2 Å². The van der Waals surface area contributed by atoms with Crippen molar-refractivity contribution in [2.75, 3.05) is 26.3 Å². The van der Waals surface area contributed by atoms with E-state index in [1.807, 2.05) is 4.90 Å². The molecule has 0 aliphatic carbocycles. The third-order valence-electron chi connectivity index (χ3n) is 3.78. The molecule has 2 heterocycles. The van der Waals surface area contributed by atoms with Gasteiger partial charge in [0.1, 0.15) is 0 Å². The zero-order valence-corrected chi connectivity index (χ0v) is 10.3. The molecule has 1 unspecified atom stereocenters. The topological polar surface area (TPSA) is 58.6 Å². The van der Waals surface area contributed by atoms with E-state index in [0.29, 0.717) is 18.9 Å². The van der Waals surface area contributed by atoms with E-state index in [4.69, 9.17) is 4.74 Å². The van der Waals surface area contributed by atoms with Crippen LogP contribution in [0, 0.1) is 5.92 Å². The molecule has 0 spiro atoms. The van der Waals surface area contributed by atoms with E-state index in [0.717, 1.165) is 26.1 Å². The molecule has 0 aromatic heterocycles. The van der Waals surface area contributed by atoms with Gasteiger partial charge in [-0.2, -0.15) is 0 Å². The molecule has 2 fully saturated rings. The van der Waals surface area contributed by atoms with E-state index in [1.165, 1.54) is 0 Å². The highest BCUT2D eigenvalue weighted by Gasteiger charge is 2.30. The number of carbonyl (C=O) groups excluding carboxylic acids is 2. The van der Waals surface area contributed by atoms with Crippen LogP contribution in [0.2, 0.25) is 0 Å². The smallest absolute Gasteiger partial charge is 0.242 e. The number of amides is 2. The van der Waals surface area contributed by atoms with Gasteiger partial charge in [0.2, 0.25) is 11.8 Å². The Labute approximate surface area is 101 Å². The summed E-state index contributed by atoms with van der Waals surface area (Å²) in [7, 11) is 0. The normalized spacial score (nSPS) is 25.4. The van der Waals surface area contributed by atoms with Gasteiger partial charge in [-0.15, -0.1) is 0 Å². The third-order valence-corrected chi connectivity index (χ3v) is 3.78. The number of rotatable bonds is 2. The minimum absolute atomic E-state index is 0.0278. The molecule has 1 atom stereocenters. The first-order valence-corrected chi connectivity index (χ1v) is 6.32. The first-order valence-electron chi connectivity index (χ1n) is 6.32. The molecule has 2 aliphatic heterocycles. The second kappa shape index (κ2) is 5.49. The summed E-state index contributed by atoms with van der Waals surface area (Å²) in [6.07, 6.45) is 2.43. The minimum atomic E-state index is -0.0278. The fourth-order valence-electron chi connectivity index (χ4n) is 2.59. The molecular formula is C12H20N2O3. The quantitative estimate of drug-likeness (QED) is 0.747. The van der Waals surface area contributed by atoms with Gasteiger partial charge in [0.15, 0.2) is 0 Å². The number of ether oxygens (including phenoxy) is 1. The Kier molecular flexibility index (Phi) is 3.99. The van der Waals surface area contributed by atoms with Crippen LogP contribution < -0.4 is 5.32 Å². The maximum Gasteiger partial charge on any atom is 0.242 e. The molecule has 2 aliphatic rings. The van der Waals surface area contributed by atoms with Gasteiger partial charge in [-0.3, -0.25) is 9.59 Å². The molecule has 0 aromatic rings. The molecule has 2 amide bonds. The summed E-state index contributed by atoms with van der Waals surface area (Å²) < 4.78 is 5.34. The van der Waals surface area contributed by atoms with E-state index in [-0.39, 0.29) is 24.4 Å². The lowest BCUT2D eigenvalue weighted by Gasteiger charge is -2.35. The second-order valence-corrected chi connectivity index (χ2v) is 4.80. The first-order chi connectivity index (χ1) is 8.18. The highest BCUT2D eigenvalue weighted by atomic mass is 16.5. The van der Waals surface area contributed by atoms with Gasteiger partial charge in [0, 0.05) is 32.2 Å². The van der Waals surface area contributed by atoms with Crippen molar-refractivity contribution < 1.29 is 14.3 Å². The van der Waals surface area contributed by atoms with Crippen LogP contribution in [0.5, 0.6) is 0 Å². The molecule has 5 nitrogen and oxygen atoms in total. The maximum atomic E-state index is 11.9. The van der Waals surface area contributed by atoms with Gasteiger partial charge in [0.05, 0.1) is 6.54 Å². The average molecular weight is 240 g/mol. The molecule has 0 aromatic carbocycles. The van der Waals surface area contributed by atoms with Crippen LogP contribution in [0.25, 0.3) is 0 Å². The molecule has 96 valence electrons. The molecule has 2 saturated heterocycles. The van der Waals surface area contributed by atoms with Crippen molar-refractivity contribution in [1.29, 1.82) is 0 Å². The van der Waals surface area contributed by atoms with Crippen molar-refractivity contribution in [2.24, 2.45) is 5.92 Å². The van der Waals surface area contributed by atoms with Crippen LogP contribution in [0.15, 0.2) is 0 Å². The highest BCUT2D eigenvalue weighted by molar-refractivity contribution is 5.87. The van der Waals surface area contributed by atoms with E-state index >= 15 is 0 Å². The van der Waals surface area contributed by atoms with Crippen molar-refractivity contribution in [3.8, 4) is 0 Å². The summed E-state index contributed by atoms with van der Waals surface area (Å²) >= 11 is 0. The molecule has 1 N–H and O–H groups in total. The van der Waals surface area contributed by atoms with Gasteiger partial charge >= 0.3 is 0 Å². The largest absolute Gasteiger partial charge is 0.381 e. The monoisotopic (exact) mass is 240 g/mol. The summed E-state index contributed by atoms with van der Waals surface area (Å²) in [5.74, 6) is 0.510. The van der Waals surface area contributed by atoms with Crippen molar-refractivity contribution in [3.05, 3.63) is 0 Å².